The Morgan fingerprint density at radius 2 is 1.81 bits per heavy atom. The van der Waals surface area contributed by atoms with Crippen LogP contribution >= 0.6 is 23.2 Å². The van der Waals surface area contributed by atoms with E-state index in [9.17, 15) is 14.9 Å². The van der Waals surface area contributed by atoms with E-state index in [-0.39, 0.29) is 38.8 Å². The number of hydrogen-bond acceptors (Lipinski definition) is 7. The second-order valence-electron chi connectivity index (χ2n) is 8.71. The van der Waals surface area contributed by atoms with Crippen LogP contribution in [0.3, 0.4) is 0 Å². The molecule has 0 spiro atoms. The van der Waals surface area contributed by atoms with Gasteiger partial charge in [-0.3, -0.25) is 14.9 Å². The summed E-state index contributed by atoms with van der Waals surface area (Å²) in [5.74, 6) is 1.05. The summed E-state index contributed by atoms with van der Waals surface area (Å²) >= 11 is 12.8. The molecule has 1 aliphatic carbocycles. The average Bonchev–Trinajstić information content (AvgIpc) is 2.91. The Labute approximate surface area is 221 Å². The van der Waals surface area contributed by atoms with Gasteiger partial charge in [0.1, 0.15) is 12.0 Å². The molecular formula is C26H21Cl2N5O4. The number of nitrogens with zero attached hydrogens (tertiary/aromatic N) is 5. The minimum Gasteiger partial charge on any atom is -0.436 e. The molecule has 0 saturated heterocycles. The first-order valence-electron chi connectivity index (χ1n) is 11.7. The van der Waals surface area contributed by atoms with Crippen LogP contribution in [-0.2, 0) is 0 Å². The zero-order chi connectivity index (χ0) is 25.9. The Bertz CT molecular complexity index is 1540. The lowest BCUT2D eigenvalue weighted by atomic mass is 9.88. The minimum atomic E-state index is -0.555. The number of halogens is 2. The number of aromatic nitrogens is 3. The fraction of sp³-hybridized carbons (Fsp3) is 0.231. The molecule has 37 heavy (non-hydrogen) atoms. The molecule has 1 aliphatic rings. The summed E-state index contributed by atoms with van der Waals surface area (Å²) in [6.45, 7) is 0. The molecule has 0 N–H and O–H groups in total. The van der Waals surface area contributed by atoms with Crippen LogP contribution in [0, 0.1) is 10.1 Å². The quantitative estimate of drug-likeness (QED) is 0.153. The lowest BCUT2D eigenvalue weighted by Crippen LogP contribution is -2.25. The maximum Gasteiger partial charge on any atom is 0.287 e. The van der Waals surface area contributed by atoms with Gasteiger partial charge in [0.05, 0.1) is 32.1 Å². The molecule has 11 heteroatoms. The van der Waals surface area contributed by atoms with Gasteiger partial charge in [0.25, 0.3) is 11.2 Å². The normalized spacial score (nSPS) is 14.3. The van der Waals surface area contributed by atoms with E-state index in [1.165, 1.54) is 29.4 Å². The lowest BCUT2D eigenvalue weighted by molar-refractivity contribution is -0.385. The molecule has 188 valence electrons. The third kappa shape index (κ3) is 5.33. The van der Waals surface area contributed by atoms with Gasteiger partial charge in [-0.15, -0.1) is 0 Å². The predicted molar refractivity (Wildman–Crippen MR) is 142 cm³/mol. The fourth-order valence-corrected chi connectivity index (χ4v) is 4.98. The molecule has 2 heterocycles. The van der Waals surface area contributed by atoms with Gasteiger partial charge in [-0.1, -0.05) is 54.6 Å². The van der Waals surface area contributed by atoms with Gasteiger partial charge >= 0.3 is 0 Å². The monoisotopic (exact) mass is 537 g/mol. The third-order valence-electron chi connectivity index (χ3n) is 6.23. The van der Waals surface area contributed by atoms with Gasteiger partial charge in [0.15, 0.2) is 5.75 Å². The van der Waals surface area contributed by atoms with Crippen molar-refractivity contribution in [1.82, 2.24) is 14.6 Å². The maximum absolute atomic E-state index is 13.4. The summed E-state index contributed by atoms with van der Waals surface area (Å²) in [6, 6.07) is 13.1. The summed E-state index contributed by atoms with van der Waals surface area (Å²) in [4.78, 5) is 32.4. The van der Waals surface area contributed by atoms with E-state index in [2.05, 4.69) is 10.1 Å². The Morgan fingerprint density at radius 1 is 1.08 bits per heavy atom. The minimum absolute atomic E-state index is 0.0988. The molecule has 0 aliphatic heterocycles. The number of hydrogen-bond donors (Lipinski definition) is 0. The molecular weight excluding hydrogens is 517 g/mol. The molecule has 0 amide bonds. The van der Waals surface area contributed by atoms with Crippen LogP contribution in [0.1, 0.15) is 49.4 Å². The van der Waals surface area contributed by atoms with Crippen LogP contribution in [0.15, 0.2) is 64.6 Å². The Balaban J connectivity index is 1.47. The summed E-state index contributed by atoms with van der Waals surface area (Å²) in [7, 11) is 0. The van der Waals surface area contributed by atoms with E-state index in [1.807, 2.05) is 12.1 Å². The lowest BCUT2D eigenvalue weighted by Gasteiger charge is -2.22. The molecule has 4 aromatic rings. The van der Waals surface area contributed by atoms with Gasteiger partial charge < -0.3 is 4.74 Å². The zero-order valence-corrected chi connectivity index (χ0v) is 21.0. The number of pyridine rings is 1. The average molecular weight is 538 g/mol. The van der Waals surface area contributed by atoms with Gasteiger partial charge in [0.2, 0.25) is 5.88 Å². The zero-order valence-electron chi connectivity index (χ0n) is 19.5. The SMILES string of the molecule is O=c1c2ccccc2nc(C2CCCCC2)n1N=Cc1cc(Cl)c(Oc2ccc([N+](=O)[O-])cn2)c(Cl)c1. The summed E-state index contributed by atoms with van der Waals surface area (Å²) in [6.07, 6.45) is 7.87. The highest BCUT2D eigenvalue weighted by molar-refractivity contribution is 6.37. The highest BCUT2D eigenvalue weighted by atomic mass is 35.5. The van der Waals surface area contributed by atoms with Crippen LogP contribution in [0.4, 0.5) is 5.69 Å². The van der Waals surface area contributed by atoms with Gasteiger partial charge in [0, 0.05) is 18.1 Å². The Hall–Kier alpha value is -3.82. The summed E-state index contributed by atoms with van der Waals surface area (Å²) in [5, 5.41) is 16.2. The van der Waals surface area contributed by atoms with E-state index < -0.39 is 4.92 Å². The number of rotatable bonds is 6. The van der Waals surface area contributed by atoms with Crippen molar-refractivity contribution < 1.29 is 9.66 Å². The van der Waals surface area contributed by atoms with Crippen LogP contribution in [0.25, 0.3) is 10.9 Å². The highest BCUT2D eigenvalue weighted by Gasteiger charge is 2.22. The van der Waals surface area contributed by atoms with Gasteiger partial charge in [-0.05, 0) is 42.7 Å². The van der Waals surface area contributed by atoms with E-state index in [4.69, 9.17) is 32.9 Å². The molecule has 0 atom stereocenters. The fourth-order valence-electron chi connectivity index (χ4n) is 4.40. The first kappa shape index (κ1) is 24.9. The van der Waals surface area contributed by atoms with Crippen molar-refractivity contribution in [1.29, 1.82) is 0 Å². The molecule has 0 radical (unpaired) electrons. The van der Waals surface area contributed by atoms with Crippen molar-refractivity contribution in [2.24, 2.45) is 5.10 Å². The largest absolute Gasteiger partial charge is 0.436 e. The predicted octanol–water partition coefficient (Wildman–Crippen LogP) is 6.73. The molecule has 2 aromatic carbocycles. The van der Waals surface area contributed by atoms with Crippen LogP contribution in [-0.4, -0.2) is 25.8 Å². The smallest absolute Gasteiger partial charge is 0.287 e. The number of ether oxygens (including phenoxy) is 1. The number of nitro groups is 1. The Kier molecular flexibility index (Phi) is 7.16. The van der Waals surface area contributed by atoms with E-state index in [0.29, 0.717) is 22.3 Å². The van der Waals surface area contributed by atoms with Crippen molar-refractivity contribution in [2.75, 3.05) is 0 Å². The van der Waals surface area contributed by atoms with E-state index in [0.717, 1.165) is 31.9 Å². The highest BCUT2D eigenvalue weighted by Crippen LogP contribution is 2.37. The Morgan fingerprint density at radius 3 is 2.49 bits per heavy atom. The van der Waals surface area contributed by atoms with Gasteiger partial charge in [-0.25, -0.2) is 9.97 Å². The van der Waals surface area contributed by atoms with Crippen LogP contribution < -0.4 is 10.3 Å². The van der Waals surface area contributed by atoms with E-state index in [1.54, 1.807) is 24.3 Å². The molecule has 9 nitrogen and oxygen atoms in total. The third-order valence-corrected chi connectivity index (χ3v) is 6.79. The molecule has 0 bridgehead atoms. The second kappa shape index (κ2) is 10.7. The molecule has 5 rings (SSSR count). The molecule has 2 aromatic heterocycles. The standard InChI is InChI=1S/C26H21Cl2N5O4/c27-20-12-16(13-21(28)24(20)37-23-11-10-18(15-29-23)33(35)36)14-30-32-25(17-6-2-1-3-7-17)31-22-9-5-4-8-19(22)26(32)34/h4-5,8-15,17H,1-3,6-7H2. The van der Waals surface area contributed by atoms with Crippen LogP contribution in [0.5, 0.6) is 11.6 Å². The van der Waals surface area contributed by atoms with Crippen molar-refractivity contribution in [3.05, 3.63) is 96.6 Å². The molecule has 1 saturated carbocycles. The number of benzene rings is 2. The molecule has 1 fully saturated rings. The van der Waals surface area contributed by atoms with Crippen molar-refractivity contribution in [3.63, 3.8) is 0 Å². The van der Waals surface area contributed by atoms with Crippen LogP contribution in [0.2, 0.25) is 10.0 Å². The summed E-state index contributed by atoms with van der Waals surface area (Å²) in [5.41, 5.74) is 0.812. The summed E-state index contributed by atoms with van der Waals surface area (Å²) < 4.78 is 7.03. The van der Waals surface area contributed by atoms with Crippen molar-refractivity contribution in [3.8, 4) is 11.6 Å². The number of fused-ring (bicyclic) bond motifs is 1. The number of para-hydroxylation sites is 1. The van der Waals surface area contributed by atoms with Crippen molar-refractivity contribution >= 4 is 46.0 Å². The second-order valence-corrected chi connectivity index (χ2v) is 9.53. The topological polar surface area (TPSA) is 113 Å². The first-order valence-corrected chi connectivity index (χ1v) is 12.5. The first-order chi connectivity index (χ1) is 17.9. The van der Waals surface area contributed by atoms with Gasteiger partial charge in [-0.2, -0.15) is 9.78 Å². The maximum atomic E-state index is 13.4. The van der Waals surface area contributed by atoms with E-state index >= 15 is 0 Å². The molecule has 0 unspecified atom stereocenters. The van der Waals surface area contributed by atoms with Crippen molar-refractivity contribution in [2.45, 2.75) is 38.0 Å².